The first kappa shape index (κ1) is 13.9. The number of phenols is 1. The maximum atomic E-state index is 12.1. The Labute approximate surface area is 113 Å². The van der Waals surface area contributed by atoms with Crippen molar-refractivity contribution in [2.75, 3.05) is 0 Å². The molecule has 0 aromatic heterocycles. The number of ether oxygens (including phenoxy) is 1. The van der Waals surface area contributed by atoms with Gasteiger partial charge in [-0.2, -0.15) is 0 Å². The molecule has 1 unspecified atom stereocenters. The second kappa shape index (κ2) is 4.53. The molecule has 104 valence electrons. The summed E-state index contributed by atoms with van der Waals surface area (Å²) >= 11 is 0. The molecule has 0 radical (unpaired) electrons. The smallest absolute Gasteiger partial charge is 0.324 e. The van der Waals surface area contributed by atoms with Crippen LogP contribution < -0.4 is 5.73 Å². The molecule has 1 aromatic rings. The molecule has 4 heteroatoms. The predicted molar refractivity (Wildman–Crippen MR) is 72.8 cm³/mol. The average Bonchev–Trinajstić information content (AvgIpc) is 3.08. The number of phenolic OH excluding ortho intramolecular Hbond substituents is 1. The zero-order valence-corrected chi connectivity index (χ0v) is 11.6. The number of carbonyl (C=O) groups is 1. The third-order valence-corrected chi connectivity index (χ3v) is 3.49. The van der Waals surface area contributed by atoms with Crippen LogP contribution in [-0.2, 0) is 14.9 Å². The Morgan fingerprint density at radius 3 is 2.26 bits per heavy atom. The molecule has 1 aromatic carbocycles. The second-order valence-corrected chi connectivity index (χ2v) is 6.21. The molecule has 19 heavy (non-hydrogen) atoms. The first-order valence-electron chi connectivity index (χ1n) is 6.53. The van der Waals surface area contributed by atoms with Gasteiger partial charge in [0.15, 0.2) is 0 Å². The Kier molecular flexibility index (Phi) is 3.31. The molecule has 2 rings (SSSR count). The van der Waals surface area contributed by atoms with Crippen molar-refractivity contribution in [1.82, 2.24) is 0 Å². The number of esters is 1. The molecule has 1 saturated carbocycles. The van der Waals surface area contributed by atoms with Gasteiger partial charge in [0.1, 0.15) is 17.4 Å². The number of hydrogen-bond donors (Lipinski definition) is 2. The van der Waals surface area contributed by atoms with E-state index in [4.69, 9.17) is 10.5 Å². The number of benzene rings is 1. The third kappa shape index (κ3) is 2.89. The Hall–Kier alpha value is -1.55. The van der Waals surface area contributed by atoms with E-state index in [1.165, 1.54) is 0 Å². The zero-order chi connectivity index (χ0) is 14.3. The average molecular weight is 263 g/mol. The van der Waals surface area contributed by atoms with Crippen molar-refractivity contribution >= 4 is 5.97 Å². The van der Waals surface area contributed by atoms with Gasteiger partial charge in [-0.3, -0.25) is 4.79 Å². The van der Waals surface area contributed by atoms with Crippen LogP contribution >= 0.6 is 0 Å². The minimum Gasteiger partial charge on any atom is -0.508 e. The number of rotatable bonds is 3. The summed E-state index contributed by atoms with van der Waals surface area (Å²) in [5.74, 6) is -0.150. The first-order valence-corrected chi connectivity index (χ1v) is 6.53. The van der Waals surface area contributed by atoms with Crippen LogP contribution in [0.4, 0.5) is 0 Å². The molecule has 1 atom stereocenters. The SMILES string of the molecule is CC(C)(C)OC(=O)C(N)C1(c2ccc(O)cc2)CC1. The number of carbonyl (C=O) groups excluding carboxylic acids is 1. The minimum atomic E-state index is -0.656. The quantitative estimate of drug-likeness (QED) is 0.819. The highest BCUT2D eigenvalue weighted by molar-refractivity contribution is 5.79. The lowest BCUT2D eigenvalue weighted by molar-refractivity contribution is -0.157. The highest BCUT2D eigenvalue weighted by atomic mass is 16.6. The van der Waals surface area contributed by atoms with Crippen LogP contribution in [0.15, 0.2) is 24.3 Å². The molecular formula is C15H21NO3. The van der Waals surface area contributed by atoms with E-state index in [0.29, 0.717) is 0 Å². The Bertz CT molecular complexity index is 469. The Morgan fingerprint density at radius 2 is 1.84 bits per heavy atom. The van der Waals surface area contributed by atoms with Gasteiger partial charge in [0.2, 0.25) is 0 Å². The fourth-order valence-electron chi connectivity index (χ4n) is 2.30. The summed E-state index contributed by atoms with van der Waals surface area (Å²) in [6.07, 6.45) is 1.75. The molecule has 1 aliphatic rings. The van der Waals surface area contributed by atoms with Crippen LogP contribution in [0.5, 0.6) is 5.75 Å². The molecule has 1 fully saturated rings. The maximum absolute atomic E-state index is 12.1. The highest BCUT2D eigenvalue weighted by Crippen LogP contribution is 2.51. The molecule has 0 spiro atoms. The van der Waals surface area contributed by atoms with Crippen molar-refractivity contribution in [3.8, 4) is 5.75 Å². The van der Waals surface area contributed by atoms with Crippen LogP contribution in [0.3, 0.4) is 0 Å². The van der Waals surface area contributed by atoms with Crippen molar-refractivity contribution < 1.29 is 14.6 Å². The number of hydrogen-bond acceptors (Lipinski definition) is 4. The lowest BCUT2D eigenvalue weighted by Gasteiger charge is -2.27. The van der Waals surface area contributed by atoms with Crippen molar-refractivity contribution in [3.63, 3.8) is 0 Å². The minimum absolute atomic E-state index is 0.213. The predicted octanol–water partition coefficient (Wildman–Crippen LogP) is 2.09. The van der Waals surface area contributed by atoms with E-state index in [9.17, 15) is 9.90 Å². The summed E-state index contributed by atoms with van der Waals surface area (Å²) < 4.78 is 5.36. The van der Waals surface area contributed by atoms with Crippen molar-refractivity contribution in [2.45, 2.75) is 50.7 Å². The van der Waals surface area contributed by atoms with Crippen LogP contribution in [0, 0.1) is 0 Å². The molecule has 0 amide bonds. The van der Waals surface area contributed by atoms with E-state index < -0.39 is 11.6 Å². The van der Waals surface area contributed by atoms with Gasteiger partial charge in [0.25, 0.3) is 0 Å². The van der Waals surface area contributed by atoms with E-state index in [2.05, 4.69) is 0 Å². The molecule has 0 saturated heterocycles. The summed E-state index contributed by atoms with van der Waals surface area (Å²) in [4.78, 5) is 12.1. The van der Waals surface area contributed by atoms with Crippen LogP contribution in [-0.4, -0.2) is 22.7 Å². The number of aromatic hydroxyl groups is 1. The highest BCUT2D eigenvalue weighted by Gasteiger charge is 2.53. The van der Waals surface area contributed by atoms with Gasteiger partial charge in [-0.25, -0.2) is 0 Å². The van der Waals surface area contributed by atoms with E-state index in [0.717, 1.165) is 18.4 Å². The molecule has 0 bridgehead atoms. The molecule has 0 heterocycles. The Morgan fingerprint density at radius 1 is 1.32 bits per heavy atom. The topological polar surface area (TPSA) is 72.5 Å². The van der Waals surface area contributed by atoms with E-state index in [1.54, 1.807) is 12.1 Å². The van der Waals surface area contributed by atoms with Gasteiger partial charge in [-0.05, 0) is 51.3 Å². The normalized spacial score (nSPS) is 18.7. The van der Waals surface area contributed by atoms with Crippen molar-refractivity contribution in [3.05, 3.63) is 29.8 Å². The fraction of sp³-hybridized carbons (Fsp3) is 0.533. The van der Waals surface area contributed by atoms with Crippen molar-refractivity contribution in [2.24, 2.45) is 5.73 Å². The number of nitrogens with two attached hydrogens (primary N) is 1. The van der Waals surface area contributed by atoms with E-state index in [1.807, 2.05) is 32.9 Å². The summed E-state index contributed by atoms with van der Waals surface area (Å²) in [5.41, 5.74) is 6.24. The largest absolute Gasteiger partial charge is 0.508 e. The summed E-state index contributed by atoms with van der Waals surface area (Å²) in [5, 5.41) is 9.32. The van der Waals surface area contributed by atoms with E-state index >= 15 is 0 Å². The zero-order valence-electron chi connectivity index (χ0n) is 11.6. The molecule has 3 N–H and O–H groups in total. The van der Waals surface area contributed by atoms with Crippen molar-refractivity contribution in [1.29, 1.82) is 0 Å². The van der Waals surface area contributed by atoms with Gasteiger partial charge < -0.3 is 15.6 Å². The van der Waals surface area contributed by atoms with Gasteiger partial charge in [-0.15, -0.1) is 0 Å². The summed E-state index contributed by atoms with van der Waals surface area (Å²) in [7, 11) is 0. The van der Waals surface area contributed by atoms with Crippen LogP contribution in [0.2, 0.25) is 0 Å². The first-order chi connectivity index (χ1) is 8.74. The van der Waals surface area contributed by atoms with Gasteiger partial charge in [0, 0.05) is 5.41 Å². The monoisotopic (exact) mass is 263 g/mol. The van der Waals surface area contributed by atoms with Gasteiger partial charge >= 0.3 is 5.97 Å². The van der Waals surface area contributed by atoms with Gasteiger partial charge in [0.05, 0.1) is 0 Å². The summed E-state index contributed by atoms with van der Waals surface area (Å²) in [6, 6.07) is 6.24. The molecule has 4 nitrogen and oxygen atoms in total. The third-order valence-electron chi connectivity index (χ3n) is 3.49. The maximum Gasteiger partial charge on any atom is 0.324 e. The molecule has 1 aliphatic carbocycles. The van der Waals surface area contributed by atoms with Crippen LogP contribution in [0.1, 0.15) is 39.2 Å². The summed E-state index contributed by atoms with van der Waals surface area (Å²) in [6.45, 7) is 5.49. The molecular weight excluding hydrogens is 242 g/mol. The lowest BCUT2D eigenvalue weighted by atomic mass is 9.88. The van der Waals surface area contributed by atoms with Crippen LogP contribution in [0.25, 0.3) is 0 Å². The lowest BCUT2D eigenvalue weighted by Crippen LogP contribution is -2.45. The second-order valence-electron chi connectivity index (χ2n) is 6.21. The fourth-order valence-corrected chi connectivity index (χ4v) is 2.30. The van der Waals surface area contributed by atoms with E-state index in [-0.39, 0.29) is 17.1 Å². The molecule has 0 aliphatic heterocycles. The standard InChI is InChI=1S/C15H21NO3/c1-14(2,3)19-13(18)12(16)15(8-9-15)10-4-6-11(17)7-5-10/h4-7,12,17H,8-9,16H2,1-3H3. The Balaban J connectivity index is 2.16. The van der Waals surface area contributed by atoms with Gasteiger partial charge in [-0.1, -0.05) is 12.1 Å².